The Morgan fingerprint density at radius 3 is 2.64 bits per heavy atom. The molecule has 0 amide bonds. The highest BCUT2D eigenvalue weighted by molar-refractivity contribution is 5.89. The molecule has 0 unspecified atom stereocenters. The second kappa shape index (κ2) is 3.70. The number of phenolic OH excluding ortho intramolecular Hbond substituents is 1. The van der Waals surface area contributed by atoms with Gasteiger partial charge in [0.15, 0.2) is 0 Å². The van der Waals surface area contributed by atoms with Gasteiger partial charge in [-0.15, -0.1) is 0 Å². The molecule has 0 heterocycles. The zero-order valence-corrected chi connectivity index (χ0v) is 8.33. The van der Waals surface area contributed by atoms with E-state index in [-0.39, 0.29) is 0 Å². The fraction of sp³-hybridized carbons (Fsp3) is 0.231. The maximum atomic E-state index is 9.98. The van der Waals surface area contributed by atoms with Gasteiger partial charge in [-0.3, -0.25) is 0 Å². The molecule has 0 aliphatic rings. The van der Waals surface area contributed by atoms with Gasteiger partial charge in [0.05, 0.1) is 0 Å². The van der Waals surface area contributed by atoms with Crippen molar-refractivity contribution in [3.63, 3.8) is 0 Å². The first-order valence-electron chi connectivity index (χ1n) is 5.02. The average molecular weight is 186 g/mol. The summed E-state index contributed by atoms with van der Waals surface area (Å²) in [6, 6.07) is 12.0. The highest BCUT2D eigenvalue weighted by atomic mass is 16.3. The van der Waals surface area contributed by atoms with E-state index in [1.54, 1.807) is 0 Å². The Morgan fingerprint density at radius 1 is 1.07 bits per heavy atom. The van der Waals surface area contributed by atoms with Crippen LogP contribution in [0.25, 0.3) is 10.8 Å². The lowest BCUT2D eigenvalue weighted by Gasteiger charge is -2.06. The third-order valence-electron chi connectivity index (χ3n) is 2.50. The van der Waals surface area contributed by atoms with Crippen LogP contribution in [0, 0.1) is 0 Å². The van der Waals surface area contributed by atoms with Gasteiger partial charge in [-0.05, 0) is 17.4 Å². The summed E-state index contributed by atoms with van der Waals surface area (Å²) in [7, 11) is 0. The van der Waals surface area contributed by atoms with Crippen molar-refractivity contribution in [1.82, 2.24) is 0 Å². The molecule has 1 N–H and O–H groups in total. The number of phenols is 1. The Hall–Kier alpha value is -1.50. The summed E-state index contributed by atoms with van der Waals surface area (Å²) in [4.78, 5) is 0. The van der Waals surface area contributed by atoms with Crippen molar-refractivity contribution >= 4 is 10.8 Å². The second-order valence-corrected chi connectivity index (χ2v) is 3.54. The molecule has 0 aliphatic heterocycles. The van der Waals surface area contributed by atoms with Crippen LogP contribution in [0.4, 0.5) is 0 Å². The summed E-state index contributed by atoms with van der Waals surface area (Å²) in [5.41, 5.74) is 1.05. The van der Waals surface area contributed by atoms with E-state index in [1.165, 1.54) is 0 Å². The molecule has 2 rings (SSSR count). The summed E-state index contributed by atoms with van der Waals surface area (Å²) in [6.07, 6.45) is 2.00. The molecule has 1 heteroatoms. The fourth-order valence-electron chi connectivity index (χ4n) is 1.77. The quantitative estimate of drug-likeness (QED) is 0.761. The molecule has 2 aromatic rings. The maximum Gasteiger partial charge on any atom is 0.126 e. The predicted octanol–water partition coefficient (Wildman–Crippen LogP) is 3.50. The summed E-state index contributed by atoms with van der Waals surface area (Å²) in [5.74, 6) is 0.449. The molecule has 0 saturated heterocycles. The molecule has 0 radical (unpaired) electrons. The minimum Gasteiger partial charge on any atom is -0.507 e. The highest BCUT2D eigenvalue weighted by Gasteiger charge is 2.04. The minimum absolute atomic E-state index is 0.449. The van der Waals surface area contributed by atoms with Crippen LogP contribution in [0.1, 0.15) is 18.9 Å². The second-order valence-electron chi connectivity index (χ2n) is 3.54. The van der Waals surface area contributed by atoms with E-state index >= 15 is 0 Å². The molecule has 0 fully saturated rings. The smallest absolute Gasteiger partial charge is 0.126 e. The van der Waals surface area contributed by atoms with Crippen LogP contribution in [0.5, 0.6) is 5.75 Å². The van der Waals surface area contributed by atoms with Gasteiger partial charge in [-0.25, -0.2) is 0 Å². The summed E-state index contributed by atoms with van der Waals surface area (Å²) >= 11 is 0. The van der Waals surface area contributed by atoms with Gasteiger partial charge in [-0.1, -0.05) is 49.7 Å². The molecule has 0 bridgehead atoms. The first-order chi connectivity index (χ1) is 6.83. The molecule has 0 saturated carbocycles. The van der Waals surface area contributed by atoms with Crippen molar-refractivity contribution in [3.8, 4) is 5.75 Å². The van der Waals surface area contributed by atoms with Gasteiger partial charge >= 0.3 is 0 Å². The SMILES string of the molecule is CCCc1ccc2ccccc2c1O. The number of aromatic hydroxyl groups is 1. The van der Waals surface area contributed by atoms with Crippen molar-refractivity contribution in [2.75, 3.05) is 0 Å². The molecule has 1 nitrogen and oxygen atoms in total. The van der Waals surface area contributed by atoms with E-state index in [4.69, 9.17) is 0 Å². The third kappa shape index (κ3) is 1.46. The number of rotatable bonds is 2. The van der Waals surface area contributed by atoms with Crippen LogP contribution < -0.4 is 0 Å². The number of benzene rings is 2. The van der Waals surface area contributed by atoms with Crippen LogP contribution in [-0.4, -0.2) is 5.11 Å². The van der Waals surface area contributed by atoms with Gasteiger partial charge < -0.3 is 5.11 Å². The zero-order valence-electron chi connectivity index (χ0n) is 8.33. The largest absolute Gasteiger partial charge is 0.507 e. The number of aryl methyl sites for hydroxylation is 1. The molecule has 0 atom stereocenters. The Morgan fingerprint density at radius 2 is 1.86 bits per heavy atom. The third-order valence-corrected chi connectivity index (χ3v) is 2.50. The lowest BCUT2D eigenvalue weighted by Crippen LogP contribution is -1.85. The topological polar surface area (TPSA) is 20.2 Å². The van der Waals surface area contributed by atoms with Crippen LogP contribution >= 0.6 is 0 Å². The van der Waals surface area contributed by atoms with E-state index in [0.29, 0.717) is 5.75 Å². The first kappa shape index (κ1) is 9.07. The molecule has 0 aromatic heterocycles. The van der Waals surface area contributed by atoms with Crippen LogP contribution in [0.15, 0.2) is 36.4 Å². The fourth-order valence-corrected chi connectivity index (χ4v) is 1.77. The average Bonchev–Trinajstić information content (AvgIpc) is 2.23. The Kier molecular flexibility index (Phi) is 2.40. The Bertz CT molecular complexity index is 446. The molecule has 0 aliphatic carbocycles. The van der Waals surface area contributed by atoms with E-state index in [1.807, 2.05) is 30.3 Å². The Balaban J connectivity index is 2.63. The van der Waals surface area contributed by atoms with Crippen molar-refractivity contribution < 1.29 is 5.11 Å². The molecular weight excluding hydrogens is 172 g/mol. The van der Waals surface area contributed by atoms with Gasteiger partial charge in [0.2, 0.25) is 0 Å². The molecule has 2 aromatic carbocycles. The molecular formula is C13H14O. The van der Waals surface area contributed by atoms with E-state index < -0.39 is 0 Å². The van der Waals surface area contributed by atoms with Gasteiger partial charge in [0.1, 0.15) is 5.75 Å². The number of hydrogen-bond donors (Lipinski definition) is 1. The van der Waals surface area contributed by atoms with Crippen molar-refractivity contribution in [1.29, 1.82) is 0 Å². The zero-order chi connectivity index (χ0) is 9.97. The van der Waals surface area contributed by atoms with E-state index in [2.05, 4.69) is 13.0 Å². The standard InChI is InChI=1S/C13H14O/c1-2-5-11-9-8-10-6-3-4-7-12(10)13(11)14/h3-4,6-9,14H,2,5H2,1H3. The molecule has 72 valence electrons. The minimum atomic E-state index is 0.449. The molecule has 14 heavy (non-hydrogen) atoms. The highest BCUT2D eigenvalue weighted by Crippen LogP contribution is 2.29. The number of hydrogen-bond acceptors (Lipinski definition) is 1. The van der Waals surface area contributed by atoms with Crippen molar-refractivity contribution in [2.24, 2.45) is 0 Å². The number of fused-ring (bicyclic) bond motifs is 1. The lowest BCUT2D eigenvalue weighted by molar-refractivity contribution is 0.474. The summed E-state index contributed by atoms with van der Waals surface area (Å²) < 4.78 is 0. The van der Waals surface area contributed by atoms with Gasteiger partial charge in [-0.2, -0.15) is 0 Å². The Labute approximate surface area is 84.0 Å². The lowest BCUT2D eigenvalue weighted by atomic mass is 10.0. The van der Waals surface area contributed by atoms with E-state index in [0.717, 1.165) is 29.2 Å². The predicted molar refractivity (Wildman–Crippen MR) is 59.6 cm³/mol. The monoisotopic (exact) mass is 186 g/mol. The van der Waals surface area contributed by atoms with Crippen LogP contribution in [0.2, 0.25) is 0 Å². The maximum absolute atomic E-state index is 9.98. The van der Waals surface area contributed by atoms with Gasteiger partial charge in [0, 0.05) is 5.39 Å². The van der Waals surface area contributed by atoms with Crippen molar-refractivity contribution in [2.45, 2.75) is 19.8 Å². The first-order valence-corrected chi connectivity index (χ1v) is 5.02. The van der Waals surface area contributed by atoms with Crippen LogP contribution in [0.3, 0.4) is 0 Å². The van der Waals surface area contributed by atoms with Gasteiger partial charge in [0.25, 0.3) is 0 Å². The normalized spacial score (nSPS) is 10.6. The van der Waals surface area contributed by atoms with Crippen molar-refractivity contribution in [3.05, 3.63) is 42.0 Å². The summed E-state index contributed by atoms with van der Waals surface area (Å²) in [6.45, 7) is 2.12. The summed E-state index contributed by atoms with van der Waals surface area (Å²) in [5, 5.41) is 12.0. The molecule has 0 spiro atoms. The van der Waals surface area contributed by atoms with E-state index in [9.17, 15) is 5.11 Å². The van der Waals surface area contributed by atoms with Crippen LogP contribution in [-0.2, 0) is 6.42 Å².